The molecule has 0 unspecified atom stereocenters. The molecule has 0 spiro atoms. The molecule has 0 aromatic heterocycles. The largest absolute Gasteiger partial charge is 1.00 e. The molecule has 0 bridgehead atoms. The Morgan fingerprint density at radius 1 is 0.396 bits per heavy atom. The van der Waals surface area contributed by atoms with Gasteiger partial charge in [0.15, 0.2) is 0 Å². The summed E-state index contributed by atoms with van der Waals surface area (Å²) in [6.45, 7) is 16.7. The van der Waals surface area contributed by atoms with E-state index in [0.717, 1.165) is 0 Å². The fourth-order valence-electron chi connectivity index (χ4n) is 8.45. The molecule has 0 amide bonds. The van der Waals surface area contributed by atoms with Crippen LogP contribution in [0.15, 0.2) is 58.7 Å². The number of hydrogen-bond acceptors (Lipinski definition) is 6. The predicted octanol–water partition coefficient (Wildman–Crippen LogP) is -2.58. The Balaban J connectivity index is 0.00000468. The van der Waals surface area contributed by atoms with Crippen LogP contribution in [-0.4, -0.2) is 92.6 Å². The SMILES string of the molecule is CC1=C(C)[C]([Ti+3])([Si](c2c(C)cc(N(C)C)cc2N(C)C)(c2c(C)cc(N(C)C)cc2N(C)C)c2c(C)cc(N(C)C)cc2N(C)C)C(C)=C1C.[Cl-].[Cl-].[Cl-]. The number of rotatable bonds is 10. The van der Waals surface area contributed by atoms with Crippen molar-refractivity contribution in [2.75, 3.05) is 114 Å². The van der Waals surface area contributed by atoms with Crippen molar-refractivity contribution in [3.63, 3.8) is 0 Å². The summed E-state index contributed by atoms with van der Waals surface area (Å²) in [4.78, 5) is 13.9. The Hall–Kier alpha value is -2.26. The van der Waals surface area contributed by atoms with Crippen LogP contribution in [0, 0.1) is 20.8 Å². The maximum Gasteiger partial charge on any atom is -1.00 e. The van der Waals surface area contributed by atoms with Crippen LogP contribution in [0.1, 0.15) is 44.4 Å². The Bertz CT molecular complexity index is 1690. The van der Waals surface area contributed by atoms with Crippen LogP contribution in [0.2, 0.25) is 3.34 Å². The number of aryl methyl sites for hydroxylation is 3. The molecule has 53 heavy (non-hydrogen) atoms. The molecular formula is C42H63Cl3N6SiTi. The van der Waals surface area contributed by atoms with Crippen LogP contribution in [-0.2, 0) is 20.4 Å². The van der Waals surface area contributed by atoms with E-state index in [-0.39, 0.29) is 40.6 Å². The van der Waals surface area contributed by atoms with Crippen LogP contribution in [0.25, 0.3) is 0 Å². The van der Waals surface area contributed by atoms with E-state index in [1.165, 1.54) is 88.7 Å². The molecule has 0 saturated heterocycles. The molecule has 11 heteroatoms. The molecule has 0 saturated carbocycles. The molecular weight excluding hydrogens is 771 g/mol. The summed E-state index contributed by atoms with van der Waals surface area (Å²) in [5.74, 6) is 0. The van der Waals surface area contributed by atoms with Gasteiger partial charge >= 0.3 is 319 Å². The summed E-state index contributed by atoms with van der Waals surface area (Å²) >= 11 is 2.61. The van der Waals surface area contributed by atoms with Gasteiger partial charge in [0.1, 0.15) is 0 Å². The monoisotopic (exact) mass is 832 g/mol. The minimum atomic E-state index is -3.25. The summed E-state index contributed by atoms with van der Waals surface area (Å²) in [5.41, 5.74) is 17.4. The smallest absolute Gasteiger partial charge is 1.00 e. The first-order chi connectivity index (χ1) is 23.1. The quantitative estimate of drug-likeness (QED) is 0.164. The van der Waals surface area contributed by atoms with Gasteiger partial charge in [0.05, 0.1) is 0 Å². The van der Waals surface area contributed by atoms with E-state index in [2.05, 4.69) is 219 Å². The second-order valence-corrected chi connectivity index (χ2v) is 21.5. The fraction of sp³-hybridized carbons (Fsp3) is 0.476. The molecule has 0 radical (unpaired) electrons. The van der Waals surface area contributed by atoms with Crippen molar-refractivity contribution in [2.45, 2.75) is 51.8 Å². The maximum atomic E-state index is 2.61. The number of halogens is 3. The second-order valence-electron chi connectivity index (χ2n) is 15.8. The summed E-state index contributed by atoms with van der Waals surface area (Å²) in [5, 5.41) is 4.47. The Morgan fingerprint density at radius 3 is 0.811 bits per heavy atom. The number of hydrogen-bond donors (Lipinski definition) is 0. The molecule has 0 aliphatic heterocycles. The van der Waals surface area contributed by atoms with Gasteiger partial charge in [0.25, 0.3) is 0 Å². The van der Waals surface area contributed by atoms with Crippen molar-refractivity contribution in [3.05, 3.63) is 75.4 Å². The van der Waals surface area contributed by atoms with E-state index in [1.807, 2.05) is 0 Å². The first-order valence-corrected chi connectivity index (χ1v) is 20.5. The molecule has 0 N–H and O–H groups in total. The topological polar surface area (TPSA) is 19.4 Å². The molecule has 6 nitrogen and oxygen atoms in total. The zero-order valence-electron chi connectivity index (χ0n) is 35.8. The van der Waals surface area contributed by atoms with E-state index in [1.54, 1.807) is 0 Å². The van der Waals surface area contributed by atoms with Gasteiger partial charge in [-0.2, -0.15) is 0 Å². The molecule has 3 aromatic rings. The zero-order chi connectivity index (χ0) is 37.9. The third kappa shape index (κ3) is 7.78. The van der Waals surface area contributed by atoms with Crippen LogP contribution < -0.4 is 82.2 Å². The van der Waals surface area contributed by atoms with Crippen molar-refractivity contribution in [2.24, 2.45) is 0 Å². The van der Waals surface area contributed by atoms with Crippen molar-refractivity contribution >= 4 is 57.8 Å². The van der Waals surface area contributed by atoms with Crippen LogP contribution in [0.4, 0.5) is 34.1 Å². The third-order valence-electron chi connectivity index (χ3n) is 11.4. The molecule has 290 valence electrons. The normalized spacial score (nSPS) is 13.6. The van der Waals surface area contributed by atoms with Gasteiger partial charge in [-0.25, -0.2) is 0 Å². The Morgan fingerprint density at radius 2 is 0.623 bits per heavy atom. The molecule has 1 aliphatic carbocycles. The van der Waals surface area contributed by atoms with Gasteiger partial charge in [-0.1, -0.05) is 0 Å². The van der Waals surface area contributed by atoms with Crippen LogP contribution >= 0.6 is 0 Å². The summed E-state index contributed by atoms with van der Waals surface area (Å²) in [6.07, 6.45) is 0. The van der Waals surface area contributed by atoms with Gasteiger partial charge in [0, 0.05) is 0 Å². The standard InChI is InChI=1S/C42H63N6Si.3ClH.Ti/c1-26-20-33(43(8)9)23-36(46(14)15)39(26)49(42-31(6)29(4)30(5)32(42)7,40-27(2)21-34(44(10)11)24-37(40)47(16)17)41-28(3)22-35(45(12)13)25-38(41)48(18)19;;;;/h20-25H,1-19H3;3*1H;/q;;;;+3/p-3. The fourth-order valence-corrected chi connectivity index (χ4v) is 18.2. The molecule has 0 fully saturated rings. The maximum absolute atomic E-state index is 3.25. The van der Waals surface area contributed by atoms with Gasteiger partial charge in [-0.05, 0) is 0 Å². The van der Waals surface area contributed by atoms with E-state index in [0.29, 0.717) is 0 Å². The Labute approximate surface area is 354 Å². The van der Waals surface area contributed by atoms with Gasteiger partial charge < -0.3 is 37.2 Å². The van der Waals surface area contributed by atoms with Crippen molar-refractivity contribution < 1.29 is 57.7 Å². The van der Waals surface area contributed by atoms with Crippen molar-refractivity contribution in [3.8, 4) is 0 Å². The van der Waals surface area contributed by atoms with Crippen LogP contribution in [0.5, 0.6) is 0 Å². The van der Waals surface area contributed by atoms with E-state index >= 15 is 0 Å². The number of benzene rings is 3. The number of nitrogens with zero attached hydrogens (tertiary/aromatic N) is 6. The van der Waals surface area contributed by atoms with E-state index < -0.39 is 8.07 Å². The van der Waals surface area contributed by atoms with Gasteiger partial charge in [0.2, 0.25) is 0 Å². The predicted molar refractivity (Wildman–Crippen MR) is 224 cm³/mol. The Kier molecular flexibility index (Phi) is 16.3. The summed E-state index contributed by atoms with van der Waals surface area (Å²) in [6, 6.07) is 14.7. The molecule has 0 heterocycles. The van der Waals surface area contributed by atoms with Crippen molar-refractivity contribution in [1.82, 2.24) is 0 Å². The van der Waals surface area contributed by atoms with E-state index in [4.69, 9.17) is 0 Å². The minimum absolute atomic E-state index is 0. The number of allylic oxidation sites excluding steroid dienone is 4. The average molecular weight is 834 g/mol. The summed E-state index contributed by atoms with van der Waals surface area (Å²) < 4.78 is -0.291. The molecule has 1 aliphatic rings. The zero-order valence-corrected chi connectivity index (χ0v) is 40.6. The molecule has 4 rings (SSSR count). The first-order valence-electron chi connectivity index (χ1n) is 17.7. The van der Waals surface area contributed by atoms with Gasteiger partial charge in [-0.15, -0.1) is 0 Å². The average Bonchev–Trinajstić information content (AvgIpc) is 3.17. The van der Waals surface area contributed by atoms with Gasteiger partial charge in [-0.3, -0.25) is 0 Å². The summed E-state index contributed by atoms with van der Waals surface area (Å²) in [7, 11) is 23.1. The molecule has 0 atom stereocenters. The van der Waals surface area contributed by atoms with Crippen molar-refractivity contribution in [1.29, 1.82) is 0 Å². The number of anilines is 6. The van der Waals surface area contributed by atoms with E-state index in [9.17, 15) is 0 Å². The molecule has 3 aromatic carbocycles. The third-order valence-corrected chi connectivity index (χ3v) is 20.4. The first kappa shape index (κ1) is 48.8. The minimum Gasteiger partial charge on any atom is -1.00 e. The van der Waals surface area contributed by atoms with Crippen LogP contribution in [0.3, 0.4) is 0 Å². The second kappa shape index (κ2) is 17.7.